The summed E-state index contributed by atoms with van der Waals surface area (Å²) in [6, 6.07) is 0. The Kier molecular flexibility index (Phi) is 3.15. The molecule has 1 heterocycles. The first kappa shape index (κ1) is 11.0. The Hall–Kier alpha value is -1.04. The van der Waals surface area contributed by atoms with Crippen LogP contribution in [0.25, 0.3) is 0 Å². The first-order valence-corrected chi connectivity index (χ1v) is 3.99. The van der Waals surface area contributed by atoms with Gasteiger partial charge in [-0.1, -0.05) is 11.6 Å². The number of ether oxygens (including phenoxy) is 1. The van der Waals surface area contributed by atoms with Gasteiger partial charge in [0, 0.05) is 12.4 Å². The van der Waals surface area contributed by atoms with E-state index in [1.165, 1.54) is 12.4 Å². The van der Waals surface area contributed by atoms with E-state index in [1.807, 2.05) is 0 Å². The molecule has 0 spiro atoms. The Balaban J connectivity index is 2.75. The van der Waals surface area contributed by atoms with Crippen molar-refractivity contribution in [1.82, 2.24) is 9.97 Å². The molecule has 3 nitrogen and oxygen atoms in total. The summed E-state index contributed by atoms with van der Waals surface area (Å²) in [7, 11) is 0. The molecule has 1 rings (SSSR count). The number of aromatic nitrogens is 2. The van der Waals surface area contributed by atoms with Crippen molar-refractivity contribution >= 4 is 11.6 Å². The zero-order chi connectivity index (χ0) is 10.8. The van der Waals surface area contributed by atoms with E-state index >= 15 is 0 Å². The summed E-state index contributed by atoms with van der Waals surface area (Å²) in [5, 5.41) is -0.191. The average molecular weight is 227 g/mol. The zero-order valence-corrected chi connectivity index (χ0v) is 7.80. The predicted molar refractivity (Wildman–Crippen MR) is 43.2 cm³/mol. The molecule has 1 unspecified atom stereocenters. The van der Waals surface area contributed by atoms with Crippen LogP contribution in [0.1, 0.15) is 6.92 Å². The van der Waals surface area contributed by atoms with Crippen molar-refractivity contribution in [2.45, 2.75) is 19.2 Å². The fourth-order valence-corrected chi connectivity index (χ4v) is 0.771. The normalized spacial score (nSPS) is 13.8. The first-order chi connectivity index (χ1) is 6.41. The number of halogens is 4. The van der Waals surface area contributed by atoms with Gasteiger partial charge in [-0.25, -0.2) is 9.97 Å². The molecule has 0 radical (unpaired) electrons. The lowest BCUT2D eigenvalue weighted by Crippen LogP contribution is -2.31. The standard InChI is InChI=1S/C7H6ClF3N2O/c1-4(7(9,10)11)14-6-5(8)12-2-3-13-6/h2-4H,1H3. The molecule has 0 aliphatic carbocycles. The molecule has 7 heteroatoms. The highest BCUT2D eigenvalue weighted by Crippen LogP contribution is 2.26. The number of alkyl halides is 3. The van der Waals surface area contributed by atoms with Gasteiger partial charge in [0.2, 0.25) is 0 Å². The van der Waals surface area contributed by atoms with Crippen LogP contribution in [0.15, 0.2) is 12.4 Å². The third kappa shape index (κ3) is 2.73. The maximum Gasteiger partial charge on any atom is 0.425 e. The molecule has 0 N–H and O–H groups in total. The third-order valence-electron chi connectivity index (χ3n) is 1.37. The van der Waals surface area contributed by atoms with Crippen molar-refractivity contribution < 1.29 is 17.9 Å². The highest BCUT2D eigenvalue weighted by Gasteiger charge is 2.38. The molecule has 0 fully saturated rings. The summed E-state index contributed by atoms with van der Waals surface area (Å²) >= 11 is 5.45. The molecule has 1 aromatic rings. The topological polar surface area (TPSA) is 35.0 Å². The van der Waals surface area contributed by atoms with Crippen LogP contribution in [-0.2, 0) is 0 Å². The molecule has 78 valence electrons. The van der Waals surface area contributed by atoms with Crippen molar-refractivity contribution in [2.24, 2.45) is 0 Å². The van der Waals surface area contributed by atoms with Crippen LogP contribution < -0.4 is 4.74 Å². The Morgan fingerprint density at radius 3 is 2.43 bits per heavy atom. The molecule has 0 amide bonds. The minimum Gasteiger partial charge on any atom is -0.463 e. The monoisotopic (exact) mass is 226 g/mol. The van der Waals surface area contributed by atoms with Crippen LogP contribution in [0, 0.1) is 0 Å². The number of nitrogens with zero attached hydrogens (tertiary/aromatic N) is 2. The number of hydrogen-bond donors (Lipinski definition) is 0. The predicted octanol–water partition coefficient (Wildman–Crippen LogP) is 2.46. The summed E-state index contributed by atoms with van der Waals surface area (Å²) in [4.78, 5) is 7.04. The van der Waals surface area contributed by atoms with Crippen molar-refractivity contribution in [1.29, 1.82) is 0 Å². The van der Waals surface area contributed by atoms with E-state index in [1.54, 1.807) is 0 Å². The summed E-state index contributed by atoms with van der Waals surface area (Å²) in [5.74, 6) is -0.320. The molecule has 0 aliphatic rings. The van der Waals surface area contributed by atoms with Crippen LogP contribution in [0.3, 0.4) is 0 Å². The number of hydrogen-bond acceptors (Lipinski definition) is 3. The van der Waals surface area contributed by atoms with E-state index in [9.17, 15) is 13.2 Å². The quantitative estimate of drug-likeness (QED) is 0.777. The fraction of sp³-hybridized carbons (Fsp3) is 0.429. The molecule has 1 aromatic heterocycles. The third-order valence-corrected chi connectivity index (χ3v) is 1.63. The van der Waals surface area contributed by atoms with Gasteiger partial charge in [0.05, 0.1) is 0 Å². The summed E-state index contributed by atoms with van der Waals surface area (Å²) in [5.41, 5.74) is 0. The van der Waals surface area contributed by atoms with E-state index in [-0.39, 0.29) is 11.0 Å². The highest BCUT2D eigenvalue weighted by atomic mass is 35.5. The molecule has 0 saturated heterocycles. The lowest BCUT2D eigenvalue weighted by Gasteiger charge is -2.16. The molecule has 0 aliphatic heterocycles. The van der Waals surface area contributed by atoms with E-state index in [2.05, 4.69) is 14.7 Å². The van der Waals surface area contributed by atoms with Crippen LogP contribution in [-0.4, -0.2) is 22.2 Å². The van der Waals surface area contributed by atoms with E-state index in [0.717, 1.165) is 6.92 Å². The van der Waals surface area contributed by atoms with Crippen LogP contribution in [0.4, 0.5) is 13.2 Å². The molecule has 1 atom stereocenters. The van der Waals surface area contributed by atoms with Crippen molar-refractivity contribution in [3.63, 3.8) is 0 Å². The molecule has 0 saturated carbocycles. The second-order valence-corrected chi connectivity index (χ2v) is 2.81. The SMILES string of the molecule is CC(Oc1nccnc1Cl)C(F)(F)F. The van der Waals surface area contributed by atoms with E-state index in [4.69, 9.17) is 11.6 Å². The van der Waals surface area contributed by atoms with Crippen LogP contribution in [0.5, 0.6) is 5.88 Å². The Bertz CT molecular complexity index is 318. The Labute approximate surface area is 82.9 Å². The highest BCUT2D eigenvalue weighted by molar-refractivity contribution is 6.30. The van der Waals surface area contributed by atoms with Crippen molar-refractivity contribution in [3.8, 4) is 5.88 Å². The van der Waals surface area contributed by atoms with Gasteiger partial charge in [0.15, 0.2) is 11.3 Å². The van der Waals surface area contributed by atoms with Gasteiger partial charge >= 0.3 is 6.18 Å². The van der Waals surface area contributed by atoms with Gasteiger partial charge in [-0.05, 0) is 6.92 Å². The van der Waals surface area contributed by atoms with Gasteiger partial charge < -0.3 is 4.74 Å². The van der Waals surface area contributed by atoms with Crippen molar-refractivity contribution in [2.75, 3.05) is 0 Å². The maximum atomic E-state index is 12.1. The Morgan fingerprint density at radius 2 is 1.93 bits per heavy atom. The summed E-state index contributed by atoms with van der Waals surface area (Å²) in [6.45, 7) is 0.866. The molecular formula is C7H6ClF3N2O. The molecule has 0 aromatic carbocycles. The lowest BCUT2D eigenvalue weighted by molar-refractivity contribution is -0.190. The van der Waals surface area contributed by atoms with Gasteiger partial charge in [-0.3, -0.25) is 0 Å². The van der Waals surface area contributed by atoms with E-state index in [0.29, 0.717) is 0 Å². The lowest BCUT2D eigenvalue weighted by atomic mass is 10.4. The number of rotatable bonds is 2. The largest absolute Gasteiger partial charge is 0.463 e. The van der Waals surface area contributed by atoms with Gasteiger partial charge in [0.25, 0.3) is 5.88 Å². The van der Waals surface area contributed by atoms with E-state index < -0.39 is 12.3 Å². The van der Waals surface area contributed by atoms with Gasteiger partial charge in [-0.15, -0.1) is 0 Å². The van der Waals surface area contributed by atoms with Crippen molar-refractivity contribution in [3.05, 3.63) is 17.5 Å². The molecular weight excluding hydrogens is 221 g/mol. The average Bonchev–Trinajstić information content (AvgIpc) is 2.07. The molecule has 0 bridgehead atoms. The smallest absolute Gasteiger partial charge is 0.425 e. The van der Waals surface area contributed by atoms with Gasteiger partial charge in [0.1, 0.15) is 0 Å². The summed E-state index contributed by atoms with van der Waals surface area (Å²) < 4.78 is 40.6. The zero-order valence-electron chi connectivity index (χ0n) is 7.05. The maximum absolute atomic E-state index is 12.1. The summed E-state index contributed by atoms with van der Waals surface area (Å²) in [6.07, 6.45) is -3.95. The second-order valence-electron chi connectivity index (χ2n) is 2.45. The minimum atomic E-state index is -4.44. The minimum absolute atomic E-state index is 0.191. The fourth-order valence-electron chi connectivity index (χ4n) is 0.622. The Morgan fingerprint density at radius 1 is 1.36 bits per heavy atom. The van der Waals surface area contributed by atoms with Crippen LogP contribution in [0.2, 0.25) is 5.15 Å². The molecule has 14 heavy (non-hydrogen) atoms. The first-order valence-electron chi connectivity index (χ1n) is 3.61. The van der Waals surface area contributed by atoms with Crippen LogP contribution >= 0.6 is 11.6 Å². The second kappa shape index (κ2) is 4.00. The van der Waals surface area contributed by atoms with Gasteiger partial charge in [-0.2, -0.15) is 13.2 Å².